The number of aromatic amines is 1. The Labute approximate surface area is 140 Å². The molecule has 24 heavy (non-hydrogen) atoms. The Balaban J connectivity index is 1.39. The number of hydrazone groups is 1. The molecular formula is C18H20N6. The molecule has 0 spiro atoms. The summed E-state index contributed by atoms with van der Waals surface area (Å²) in [5.74, 6) is 1.78. The highest BCUT2D eigenvalue weighted by molar-refractivity contribution is 5.91. The topological polar surface area (TPSA) is 78.0 Å². The number of anilines is 1. The maximum atomic E-state index is 4.30. The molecule has 0 saturated heterocycles. The van der Waals surface area contributed by atoms with Crippen molar-refractivity contribution in [3.63, 3.8) is 0 Å². The Hall–Kier alpha value is -2.89. The van der Waals surface area contributed by atoms with E-state index in [0.717, 1.165) is 30.1 Å². The summed E-state index contributed by atoms with van der Waals surface area (Å²) in [6, 6.07) is 10.7. The quantitative estimate of drug-likeness (QED) is 0.790. The van der Waals surface area contributed by atoms with Crippen molar-refractivity contribution in [3.8, 4) is 0 Å². The molecule has 1 aliphatic heterocycles. The van der Waals surface area contributed by atoms with E-state index >= 15 is 0 Å². The van der Waals surface area contributed by atoms with Crippen molar-refractivity contribution in [1.82, 2.24) is 20.6 Å². The zero-order chi connectivity index (χ0) is 16.4. The number of benzene rings is 1. The number of nitrogens with zero attached hydrogens (tertiary/aromatic N) is 3. The molecule has 4 rings (SSSR count). The summed E-state index contributed by atoms with van der Waals surface area (Å²) >= 11 is 0. The molecule has 0 saturated carbocycles. The summed E-state index contributed by atoms with van der Waals surface area (Å²) in [6.07, 6.45) is 7.34. The first-order chi connectivity index (χ1) is 11.8. The predicted molar refractivity (Wildman–Crippen MR) is 95.7 cm³/mol. The second-order valence-electron chi connectivity index (χ2n) is 6.10. The Morgan fingerprint density at radius 1 is 1.17 bits per heavy atom. The van der Waals surface area contributed by atoms with Crippen molar-refractivity contribution in [2.45, 2.75) is 19.4 Å². The molecule has 0 bridgehead atoms. The lowest BCUT2D eigenvalue weighted by molar-refractivity contribution is 0.622. The summed E-state index contributed by atoms with van der Waals surface area (Å²) < 4.78 is 0. The lowest BCUT2D eigenvalue weighted by atomic mass is 9.89. The normalized spacial score (nSPS) is 21.7. The van der Waals surface area contributed by atoms with Gasteiger partial charge in [0.1, 0.15) is 0 Å². The second kappa shape index (κ2) is 6.31. The first kappa shape index (κ1) is 14.7. The van der Waals surface area contributed by atoms with E-state index in [1.807, 2.05) is 13.0 Å². The van der Waals surface area contributed by atoms with Crippen LogP contribution in [0.5, 0.6) is 0 Å². The minimum atomic E-state index is 0.264. The van der Waals surface area contributed by atoms with E-state index in [2.05, 4.69) is 73.5 Å². The number of rotatable bonds is 5. The molecule has 2 aromatic rings. The van der Waals surface area contributed by atoms with Gasteiger partial charge in [0.05, 0.1) is 6.04 Å². The van der Waals surface area contributed by atoms with Crippen molar-refractivity contribution < 1.29 is 0 Å². The van der Waals surface area contributed by atoms with Crippen molar-refractivity contribution >= 4 is 17.2 Å². The minimum absolute atomic E-state index is 0.264. The zero-order valence-electron chi connectivity index (χ0n) is 13.5. The van der Waals surface area contributed by atoms with Gasteiger partial charge in [0.25, 0.3) is 0 Å². The smallest absolute Gasteiger partial charge is 0.222 e. The monoisotopic (exact) mass is 320 g/mol. The van der Waals surface area contributed by atoms with Gasteiger partial charge in [-0.1, -0.05) is 48.6 Å². The van der Waals surface area contributed by atoms with Gasteiger partial charge in [-0.15, -0.1) is 10.2 Å². The molecule has 1 aromatic carbocycles. The summed E-state index contributed by atoms with van der Waals surface area (Å²) in [5.41, 5.74) is 6.58. The van der Waals surface area contributed by atoms with Crippen LogP contribution in [0, 0.1) is 5.92 Å². The van der Waals surface area contributed by atoms with Gasteiger partial charge in [0.15, 0.2) is 5.82 Å². The molecule has 2 atom stereocenters. The van der Waals surface area contributed by atoms with Crippen LogP contribution in [0.15, 0.2) is 53.7 Å². The Kier molecular flexibility index (Phi) is 3.86. The number of hydrogen-bond donors (Lipinski definition) is 3. The van der Waals surface area contributed by atoms with E-state index in [4.69, 9.17) is 0 Å². The van der Waals surface area contributed by atoms with E-state index < -0.39 is 0 Å². The van der Waals surface area contributed by atoms with E-state index in [9.17, 15) is 0 Å². The van der Waals surface area contributed by atoms with Gasteiger partial charge in [0.2, 0.25) is 5.95 Å². The van der Waals surface area contributed by atoms with Crippen LogP contribution in [0.25, 0.3) is 5.57 Å². The van der Waals surface area contributed by atoms with Crippen molar-refractivity contribution in [1.29, 1.82) is 0 Å². The summed E-state index contributed by atoms with van der Waals surface area (Å²) in [5, 5.41) is 16.0. The number of fused-ring (bicyclic) bond motifs is 1. The van der Waals surface area contributed by atoms with Crippen LogP contribution in [0.2, 0.25) is 0 Å². The fraction of sp³-hybridized carbons (Fsp3) is 0.278. The molecule has 0 amide bonds. The van der Waals surface area contributed by atoms with Crippen LogP contribution in [0.4, 0.5) is 5.95 Å². The number of H-pyrrole nitrogens is 1. The Morgan fingerprint density at radius 3 is 2.92 bits per heavy atom. The summed E-state index contributed by atoms with van der Waals surface area (Å²) in [6.45, 7) is 2.86. The third kappa shape index (κ3) is 2.95. The van der Waals surface area contributed by atoms with Crippen LogP contribution in [-0.2, 0) is 6.42 Å². The third-order valence-electron chi connectivity index (χ3n) is 4.41. The SMILES string of the molecule is CC1=NNC2C=CC(c3nnc(NCCc4ccccc4)[nH]3)=CC12. The van der Waals surface area contributed by atoms with Crippen LogP contribution in [0.3, 0.4) is 0 Å². The molecule has 1 aliphatic carbocycles. The Bertz CT molecular complexity index is 802. The van der Waals surface area contributed by atoms with Gasteiger partial charge in [-0.2, -0.15) is 5.10 Å². The van der Waals surface area contributed by atoms with Crippen LogP contribution >= 0.6 is 0 Å². The zero-order valence-corrected chi connectivity index (χ0v) is 13.5. The van der Waals surface area contributed by atoms with Gasteiger partial charge in [-0.05, 0) is 18.9 Å². The first-order valence-electron chi connectivity index (χ1n) is 8.20. The van der Waals surface area contributed by atoms with E-state index in [1.54, 1.807) is 0 Å². The lowest BCUT2D eigenvalue weighted by Gasteiger charge is -2.17. The standard InChI is InChI=1S/C18H20N6/c1-12-15-11-14(7-8-16(15)22-21-12)17-20-18(24-23-17)19-10-9-13-5-3-2-4-6-13/h2-8,11,15-16,22H,9-10H2,1H3,(H2,19,20,23,24). The van der Waals surface area contributed by atoms with Gasteiger partial charge in [-0.3, -0.25) is 0 Å². The maximum Gasteiger partial charge on any atom is 0.222 e. The number of nitrogens with one attached hydrogen (secondary N) is 3. The molecule has 0 radical (unpaired) electrons. The maximum absolute atomic E-state index is 4.30. The van der Waals surface area contributed by atoms with Crippen molar-refractivity contribution in [2.24, 2.45) is 11.0 Å². The average molecular weight is 320 g/mol. The number of hydrogen-bond acceptors (Lipinski definition) is 5. The van der Waals surface area contributed by atoms with Gasteiger partial charge in [0, 0.05) is 23.7 Å². The van der Waals surface area contributed by atoms with Gasteiger partial charge < -0.3 is 15.7 Å². The highest BCUT2D eigenvalue weighted by Crippen LogP contribution is 2.27. The first-order valence-corrected chi connectivity index (χ1v) is 8.20. The van der Waals surface area contributed by atoms with Crippen molar-refractivity contribution in [3.05, 3.63) is 59.9 Å². The highest BCUT2D eigenvalue weighted by Gasteiger charge is 2.28. The minimum Gasteiger partial charge on any atom is -0.354 e. The molecule has 6 heteroatoms. The van der Waals surface area contributed by atoms with Gasteiger partial charge in [-0.25, -0.2) is 0 Å². The number of allylic oxidation sites excluding steroid dienone is 2. The van der Waals surface area contributed by atoms with Gasteiger partial charge >= 0.3 is 0 Å². The van der Waals surface area contributed by atoms with E-state index in [0.29, 0.717) is 11.9 Å². The molecule has 6 nitrogen and oxygen atoms in total. The highest BCUT2D eigenvalue weighted by atomic mass is 15.3. The predicted octanol–water partition coefficient (Wildman–Crippen LogP) is 2.38. The third-order valence-corrected chi connectivity index (χ3v) is 4.41. The molecule has 2 unspecified atom stereocenters. The Morgan fingerprint density at radius 2 is 2.04 bits per heavy atom. The molecule has 3 N–H and O–H groups in total. The van der Waals surface area contributed by atoms with E-state index in [1.165, 1.54) is 5.56 Å². The van der Waals surface area contributed by atoms with Crippen molar-refractivity contribution in [2.75, 3.05) is 11.9 Å². The van der Waals surface area contributed by atoms with E-state index in [-0.39, 0.29) is 6.04 Å². The summed E-state index contributed by atoms with van der Waals surface area (Å²) in [7, 11) is 0. The average Bonchev–Trinajstić information content (AvgIpc) is 3.23. The molecule has 122 valence electrons. The largest absolute Gasteiger partial charge is 0.354 e. The molecule has 2 aliphatic rings. The molecule has 2 heterocycles. The lowest BCUT2D eigenvalue weighted by Crippen LogP contribution is -2.27. The number of aromatic nitrogens is 3. The fourth-order valence-electron chi connectivity index (χ4n) is 3.03. The summed E-state index contributed by atoms with van der Waals surface area (Å²) in [4.78, 5) is 3.25. The molecule has 1 aromatic heterocycles. The second-order valence-corrected chi connectivity index (χ2v) is 6.10. The van der Waals surface area contributed by atoms with Crippen LogP contribution in [-0.4, -0.2) is 33.5 Å². The van der Waals surface area contributed by atoms with Crippen LogP contribution < -0.4 is 10.7 Å². The van der Waals surface area contributed by atoms with Crippen LogP contribution in [0.1, 0.15) is 18.3 Å². The molecule has 0 fully saturated rings. The molecular weight excluding hydrogens is 300 g/mol. The fourth-order valence-corrected chi connectivity index (χ4v) is 3.03.